The van der Waals surface area contributed by atoms with Crippen LogP contribution in [0.1, 0.15) is 53.6 Å². The summed E-state index contributed by atoms with van der Waals surface area (Å²) in [6, 6.07) is 15.4. The molecule has 0 aromatic heterocycles. The molecule has 16 heteroatoms. The van der Waals surface area contributed by atoms with Crippen LogP contribution in [0.3, 0.4) is 0 Å². The molecule has 0 saturated carbocycles. The highest BCUT2D eigenvalue weighted by molar-refractivity contribution is 6.18. The van der Waals surface area contributed by atoms with Gasteiger partial charge in [-0.2, -0.15) is 18.4 Å². The fourth-order valence-electron chi connectivity index (χ4n) is 8.11. The number of carbonyl (C=O) groups is 3. The molecule has 4 fully saturated rings. The van der Waals surface area contributed by atoms with E-state index >= 15 is 0 Å². The molecular formula is C42H43F4N7O5. The summed E-state index contributed by atoms with van der Waals surface area (Å²) in [4.78, 5) is 52.5. The molecule has 4 aliphatic rings. The van der Waals surface area contributed by atoms with Crippen molar-refractivity contribution in [1.29, 1.82) is 5.26 Å². The van der Waals surface area contributed by atoms with E-state index in [9.17, 15) is 37.2 Å². The third-order valence-corrected chi connectivity index (χ3v) is 11.0. The number of nitrogens with zero attached hydrogens (tertiary/aromatic N) is 5. The highest BCUT2D eigenvalue weighted by Gasteiger charge is 2.49. The third-order valence-electron chi connectivity index (χ3n) is 11.0. The molecule has 3 amide bonds. The Bertz CT molecular complexity index is 2160. The van der Waals surface area contributed by atoms with Crippen LogP contribution < -0.4 is 15.8 Å². The van der Waals surface area contributed by atoms with E-state index in [1.165, 1.54) is 28.0 Å². The maximum absolute atomic E-state index is 14.6. The van der Waals surface area contributed by atoms with Gasteiger partial charge < -0.3 is 30.3 Å². The number of likely N-dealkylation sites (tertiary alicyclic amines) is 3. The standard InChI is InChI=1S/C42H43F4N7O5/c1-2-52-37(49-30-9-4-11-32(20-30)58-18-6-16-51-22-41(23-51)24-57-25-41)34(35(48)39(55)53-17-5-10-31(53)21-47)33(26-12-14-29(43)15-13-26)36(40(52)56)50-38(54)27-7-3-8-28(19-27)42(44,45)46/h3-4,7-9,11-15,19-20,31,33,36H,2,5-6,10,16-18,22-25,48H2,1H3,(H,50,54)/b35-34-,49-37?/t31-,33+,36+/m0/s1. The summed E-state index contributed by atoms with van der Waals surface area (Å²) in [6.45, 7) is 6.81. The Morgan fingerprint density at radius 2 is 1.83 bits per heavy atom. The maximum Gasteiger partial charge on any atom is 0.416 e. The average Bonchev–Trinajstić information content (AvgIpc) is 3.66. The molecule has 1 spiro atoms. The normalized spacial score (nSPS) is 23.3. The van der Waals surface area contributed by atoms with Crippen molar-refractivity contribution in [3.8, 4) is 11.8 Å². The molecule has 7 rings (SSSR count). The van der Waals surface area contributed by atoms with Crippen LogP contribution in [0.5, 0.6) is 5.75 Å². The zero-order valence-corrected chi connectivity index (χ0v) is 31.8. The van der Waals surface area contributed by atoms with Gasteiger partial charge in [0.1, 0.15) is 35.2 Å². The molecule has 4 saturated heterocycles. The number of amides is 3. The van der Waals surface area contributed by atoms with Gasteiger partial charge in [0.25, 0.3) is 17.7 Å². The number of amidine groups is 1. The van der Waals surface area contributed by atoms with E-state index in [1.807, 2.05) is 0 Å². The summed E-state index contributed by atoms with van der Waals surface area (Å²) >= 11 is 0. The van der Waals surface area contributed by atoms with Crippen molar-refractivity contribution >= 4 is 29.2 Å². The minimum absolute atomic E-state index is 0.00601. The van der Waals surface area contributed by atoms with E-state index in [4.69, 9.17) is 20.2 Å². The van der Waals surface area contributed by atoms with Gasteiger partial charge in [0, 0.05) is 61.3 Å². The van der Waals surface area contributed by atoms with Gasteiger partial charge in [-0.3, -0.25) is 19.3 Å². The monoisotopic (exact) mass is 801 g/mol. The number of piperidine rings is 1. The van der Waals surface area contributed by atoms with Gasteiger partial charge in [-0.25, -0.2) is 9.38 Å². The van der Waals surface area contributed by atoms with E-state index in [0.717, 1.165) is 63.5 Å². The van der Waals surface area contributed by atoms with Crippen LogP contribution in [0.2, 0.25) is 0 Å². The summed E-state index contributed by atoms with van der Waals surface area (Å²) in [6.07, 6.45) is -2.99. The Kier molecular flexibility index (Phi) is 11.6. The Labute approximate surface area is 332 Å². The summed E-state index contributed by atoms with van der Waals surface area (Å²) in [5.74, 6) is -3.84. The van der Waals surface area contributed by atoms with Crippen LogP contribution in [0.4, 0.5) is 23.2 Å². The van der Waals surface area contributed by atoms with Gasteiger partial charge >= 0.3 is 6.18 Å². The fourth-order valence-corrected chi connectivity index (χ4v) is 8.11. The van der Waals surface area contributed by atoms with Gasteiger partial charge in [0.05, 0.1) is 37.1 Å². The number of hydrogen-bond acceptors (Lipinski definition) is 9. The number of alkyl halides is 3. The summed E-state index contributed by atoms with van der Waals surface area (Å²) in [5, 5.41) is 12.5. The second-order valence-electron chi connectivity index (χ2n) is 15.1. The lowest BCUT2D eigenvalue weighted by atomic mass is 9.78. The van der Waals surface area contributed by atoms with E-state index in [-0.39, 0.29) is 41.3 Å². The summed E-state index contributed by atoms with van der Waals surface area (Å²) in [7, 11) is 0. The number of hydrogen-bond donors (Lipinski definition) is 2. The van der Waals surface area contributed by atoms with E-state index < -0.39 is 53.3 Å². The number of halogens is 4. The number of ether oxygens (including phenoxy) is 2. The Balaban J connectivity index is 1.27. The smallest absolute Gasteiger partial charge is 0.416 e. The van der Waals surface area contributed by atoms with Gasteiger partial charge in [-0.15, -0.1) is 0 Å². The average molecular weight is 802 g/mol. The van der Waals surface area contributed by atoms with Crippen molar-refractivity contribution < 1.29 is 41.4 Å². The highest BCUT2D eigenvalue weighted by atomic mass is 19.4. The predicted octanol–water partition coefficient (Wildman–Crippen LogP) is 5.15. The first kappa shape index (κ1) is 40.4. The SMILES string of the molecule is CCN1C(=O)[C@H](NC(=O)c2cccc(C(F)(F)F)c2)[C@H](c2ccc(F)cc2)/C(=C(/N)C(=O)N2CCC[C@H]2C#N)C1=Nc1cccc(OCCCN2CC3(COC3)C2)c1. The molecule has 4 aliphatic heterocycles. The van der Waals surface area contributed by atoms with Crippen LogP contribution in [0.15, 0.2) is 89.1 Å². The number of aliphatic imine (C=N–C) groups is 1. The number of nitriles is 1. The number of likely N-dealkylation sites (N-methyl/N-ethyl adjacent to an activating group) is 1. The van der Waals surface area contributed by atoms with Crippen LogP contribution in [0, 0.1) is 22.6 Å². The molecule has 3 aromatic rings. The number of benzene rings is 3. The van der Waals surface area contributed by atoms with Crippen molar-refractivity contribution in [1.82, 2.24) is 20.0 Å². The van der Waals surface area contributed by atoms with Crippen LogP contribution in [-0.2, 0) is 20.5 Å². The lowest BCUT2D eigenvalue weighted by Gasteiger charge is -2.55. The second kappa shape index (κ2) is 16.6. The second-order valence-corrected chi connectivity index (χ2v) is 15.1. The first-order chi connectivity index (χ1) is 27.8. The largest absolute Gasteiger partial charge is 0.493 e. The molecule has 304 valence electrons. The molecule has 0 unspecified atom stereocenters. The molecule has 0 radical (unpaired) electrons. The molecule has 12 nitrogen and oxygen atoms in total. The molecular weight excluding hydrogens is 758 g/mol. The Morgan fingerprint density at radius 1 is 1.09 bits per heavy atom. The highest BCUT2D eigenvalue weighted by Crippen LogP contribution is 2.40. The molecule has 0 aliphatic carbocycles. The molecule has 0 bridgehead atoms. The number of carbonyl (C=O) groups excluding carboxylic acids is 3. The predicted molar refractivity (Wildman–Crippen MR) is 204 cm³/mol. The zero-order valence-electron chi connectivity index (χ0n) is 31.8. The zero-order chi connectivity index (χ0) is 41.2. The molecule has 4 heterocycles. The van der Waals surface area contributed by atoms with Gasteiger partial charge in [-0.05, 0) is 74.2 Å². The van der Waals surface area contributed by atoms with Crippen molar-refractivity contribution in [2.45, 2.75) is 50.4 Å². The van der Waals surface area contributed by atoms with Gasteiger partial charge in [0.2, 0.25) is 0 Å². The minimum atomic E-state index is -4.74. The first-order valence-electron chi connectivity index (χ1n) is 19.2. The number of nitrogens with two attached hydrogens (primary N) is 1. The van der Waals surface area contributed by atoms with E-state index in [1.54, 1.807) is 31.2 Å². The molecule has 3 atom stereocenters. The lowest BCUT2D eigenvalue weighted by molar-refractivity contribution is -0.189. The molecule has 58 heavy (non-hydrogen) atoms. The fraction of sp³-hybridized carbons (Fsp3) is 0.405. The third kappa shape index (κ3) is 8.28. The van der Waals surface area contributed by atoms with E-state index in [0.29, 0.717) is 42.4 Å². The molecule has 3 N–H and O–H groups in total. The first-order valence-corrected chi connectivity index (χ1v) is 19.2. The van der Waals surface area contributed by atoms with Crippen LogP contribution in [-0.4, -0.2) is 103 Å². The van der Waals surface area contributed by atoms with E-state index in [2.05, 4.69) is 16.3 Å². The van der Waals surface area contributed by atoms with Gasteiger partial charge in [-0.1, -0.05) is 24.3 Å². The topological polar surface area (TPSA) is 154 Å². The quantitative estimate of drug-likeness (QED) is 0.154. The maximum atomic E-state index is 14.6. The minimum Gasteiger partial charge on any atom is -0.493 e. The molecule has 3 aromatic carbocycles. The van der Waals surface area contributed by atoms with Crippen LogP contribution in [0.25, 0.3) is 0 Å². The van der Waals surface area contributed by atoms with Crippen molar-refractivity contribution in [2.75, 3.05) is 52.5 Å². The lowest BCUT2D eigenvalue weighted by Crippen LogP contribution is -2.65. The van der Waals surface area contributed by atoms with Crippen LogP contribution >= 0.6 is 0 Å². The summed E-state index contributed by atoms with van der Waals surface area (Å²) in [5.41, 5.74) is 5.93. The number of rotatable bonds is 11. The summed E-state index contributed by atoms with van der Waals surface area (Å²) < 4.78 is 66.8. The number of nitrogens with one attached hydrogen (secondary N) is 1. The van der Waals surface area contributed by atoms with Crippen molar-refractivity contribution in [3.63, 3.8) is 0 Å². The van der Waals surface area contributed by atoms with Crippen molar-refractivity contribution in [3.05, 3.63) is 107 Å². The Morgan fingerprint density at radius 3 is 2.50 bits per heavy atom. The Hall–Kier alpha value is -5.79. The van der Waals surface area contributed by atoms with Gasteiger partial charge in [0.15, 0.2) is 0 Å². The van der Waals surface area contributed by atoms with Crippen molar-refractivity contribution in [2.24, 2.45) is 16.1 Å².